The van der Waals surface area contributed by atoms with E-state index in [1.54, 1.807) is 0 Å². The molecular weight excluding hydrogens is 188 g/mol. The summed E-state index contributed by atoms with van der Waals surface area (Å²) in [5, 5.41) is 6.04. The molecule has 0 aliphatic carbocycles. The fourth-order valence-electron chi connectivity index (χ4n) is 2.06. The lowest BCUT2D eigenvalue weighted by atomic mass is 9.92. The van der Waals surface area contributed by atoms with Gasteiger partial charge in [0.2, 0.25) is 6.41 Å². The van der Waals surface area contributed by atoms with Crippen LogP contribution in [0.3, 0.4) is 0 Å². The smallest absolute Gasteiger partial charge is 0.211 e. The number of amides is 1. The average Bonchev–Trinajstić information content (AvgIpc) is 2.32. The number of nitrogens with one attached hydrogen (secondary N) is 2. The summed E-state index contributed by atoms with van der Waals surface area (Å²) in [6, 6.07) is 8.11. The number of benzene rings is 1. The Hall–Kier alpha value is -1.35. The van der Waals surface area contributed by atoms with Gasteiger partial charge in [-0.3, -0.25) is 4.79 Å². The van der Waals surface area contributed by atoms with Crippen molar-refractivity contribution in [1.29, 1.82) is 0 Å². The van der Waals surface area contributed by atoms with Gasteiger partial charge in [-0.1, -0.05) is 12.1 Å². The number of carbonyl (C=O) groups is 1. The van der Waals surface area contributed by atoms with E-state index in [0.29, 0.717) is 12.3 Å². The van der Waals surface area contributed by atoms with Gasteiger partial charge < -0.3 is 10.6 Å². The Morgan fingerprint density at radius 2 is 2.13 bits per heavy atom. The van der Waals surface area contributed by atoms with E-state index in [4.69, 9.17) is 0 Å². The van der Waals surface area contributed by atoms with Gasteiger partial charge in [-0.15, -0.1) is 0 Å². The van der Waals surface area contributed by atoms with Crippen LogP contribution in [0, 0.1) is 0 Å². The highest BCUT2D eigenvalue weighted by atomic mass is 16.1. The molecule has 1 unspecified atom stereocenters. The molecular formula is C12H16N2O. The van der Waals surface area contributed by atoms with Crippen molar-refractivity contribution >= 4 is 12.1 Å². The van der Waals surface area contributed by atoms with Crippen molar-refractivity contribution in [2.75, 3.05) is 18.4 Å². The molecule has 0 aromatic heterocycles. The first-order chi connectivity index (χ1) is 7.40. The Kier molecular flexibility index (Phi) is 3.35. The highest BCUT2D eigenvalue weighted by Crippen LogP contribution is 2.24. The number of piperidine rings is 1. The molecule has 1 atom stereocenters. The zero-order valence-electron chi connectivity index (χ0n) is 8.70. The van der Waals surface area contributed by atoms with Gasteiger partial charge in [0, 0.05) is 12.2 Å². The van der Waals surface area contributed by atoms with E-state index in [0.717, 1.165) is 18.8 Å². The average molecular weight is 204 g/mol. The first-order valence-corrected chi connectivity index (χ1v) is 5.41. The molecule has 1 aliphatic rings. The Morgan fingerprint density at radius 3 is 2.73 bits per heavy atom. The predicted octanol–water partition coefficient (Wildman–Crippen LogP) is 1.72. The van der Waals surface area contributed by atoms with Crippen LogP contribution >= 0.6 is 0 Å². The Labute approximate surface area is 89.9 Å². The quantitative estimate of drug-likeness (QED) is 0.736. The summed E-state index contributed by atoms with van der Waals surface area (Å²) in [6.45, 7) is 2.21. The second kappa shape index (κ2) is 4.94. The number of hydrogen-bond acceptors (Lipinski definition) is 2. The molecule has 0 saturated carbocycles. The van der Waals surface area contributed by atoms with Crippen LogP contribution in [0.2, 0.25) is 0 Å². The number of anilines is 1. The Bertz CT molecular complexity index is 315. The molecule has 1 amide bonds. The maximum Gasteiger partial charge on any atom is 0.211 e. The van der Waals surface area contributed by atoms with Crippen molar-refractivity contribution in [1.82, 2.24) is 5.32 Å². The summed E-state index contributed by atoms with van der Waals surface area (Å²) in [4.78, 5) is 10.2. The largest absolute Gasteiger partial charge is 0.329 e. The molecule has 3 heteroatoms. The van der Waals surface area contributed by atoms with Crippen LogP contribution in [-0.2, 0) is 4.79 Å². The second-order valence-corrected chi connectivity index (χ2v) is 3.93. The number of hydrogen-bond donors (Lipinski definition) is 2. The van der Waals surface area contributed by atoms with Gasteiger partial charge in [0.25, 0.3) is 0 Å². The van der Waals surface area contributed by atoms with Gasteiger partial charge in [0.15, 0.2) is 0 Å². The Balaban J connectivity index is 2.04. The molecule has 2 rings (SSSR count). The molecule has 1 aromatic carbocycles. The molecule has 3 nitrogen and oxygen atoms in total. The van der Waals surface area contributed by atoms with Crippen molar-refractivity contribution < 1.29 is 4.79 Å². The van der Waals surface area contributed by atoms with Crippen molar-refractivity contribution in [3.63, 3.8) is 0 Å². The maximum atomic E-state index is 10.2. The monoisotopic (exact) mass is 204 g/mol. The third-order valence-electron chi connectivity index (χ3n) is 2.90. The third-order valence-corrected chi connectivity index (χ3v) is 2.90. The van der Waals surface area contributed by atoms with Gasteiger partial charge in [0.1, 0.15) is 0 Å². The van der Waals surface area contributed by atoms with Gasteiger partial charge in [-0.25, -0.2) is 0 Å². The van der Waals surface area contributed by atoms with Crippen molar-refractivity contribution in [2.24, 2.45) is 0 Å². The topological polar surface area (TPSA) is 41.1 Å². The summed E-state index contributed by atoms with van der Waals surface area (Å²) in [6.07, 6.45) is 3.21. The molecule has 1 saturated heterocycles. The highest BCUT2D eigenvalue weighted by Gasteiger charge is 2.14. The van der Waals surface area contributed by atoms with E-state index in [-0.39, 0.29) is 0 Å². The van der Waals surface area contributed by atoms with E-state index in [9.17, 15) is 4.79 Å². The van der Waals surface area contributed by atoms with E-state index in [1.165, 1.54) is 18.4 Å². The van der Waals surface area contributed by atoms with Crippen molar-refractivity contribution in [3.05, 3.63) is 29.8 Å². The first-order valence-electron chi connectivity index (χ1n) is 5.41. The minimum Gasteiger partial charge on any atom is -0.329 e. The molecule has 0 spiro atoms. The van der Waals surface area contributed by atoms with Crippen LogP contribution in [0.15, 0.2) is 24.3 Å². The van der Waals surface area contributed by atoms with Crippen LogP contribution in [0.25, 0.3) is 0 Å². The number of carbonyl (C=O) groups excluding carboxylic acids is 1. The highest BCUT2D eigenvalue weighted by molar-refractivity contribution is 5.71. The zero-order chi connectivity index (χ0) is 10.5. The summed E-state index contributed by atoms with van der Waals surface area (Å²) in [5.41, 5.74) is 2.22. The SMILES string of the molecule is O=CNc1ccc(C2CCCNC2)cc1. The molecule has 1 heterocycles. The van der Waals surface area contributed by atoms with Gasteiger partial charge in [0.05, 0.1) is 0 Å². The lowest BCUT2D eigenvalue weighted by Gasteiger charge is -2.23. The minimum atomic E-state index is 0.629. The predicted molar refractivity (Wildman–Crippen MR) is 61.0 cm³/mol. The standard InChI is InChI=1S/C12H16N2O/c15-9-14-12-5-3-10(4-6-12)11-2-1-7-13-8-11/h3-6,9,11,13H,1-2,7-8H2,(H,14,15). The van der Waals surface area contributed by atoms with Crippen LogP contribution in [0.4, 0.5) is 5.69 Å². The molecule has 2 N–H and O–H groups in total. The zero-order valence-corrected chi connectivity index (χ0v) is 8.70. The summed E-state index contributed by atoms with van der Waals surface area (Å²) >= 11 is 0. The molecule has 1 aromatic rings. The van der Waals surface area contributed by atoms with Crippen LogP contribution in [-0.4, -0.2) is 19.5 Å². The van der Waals surface area contributed by atoms with E-state index in [2.05, 4.69) is 22.8 Å². The molecule has 0 bridgehead atoms. The van der Waals surface area contributed by atoms with Crippen LogP contribution < -0.4 is 10.6 Å². The first kappa shape index (κ1) is 10.2. The maximum absolute atomic E-state index is 10.2. The van der Waals surface area contributed by atoms with Gasteiger partial charge in [-0.2, -0.15) is 0 Å². The third kappa shape index (κ3) is 2.57. The molecule has 1 aliphatic heterocycles. The summed E-state index contributed by atoms with van der Waals surface area (Å²) in [5.74, 6) is 0.629. The van der Waals surface area contributed by atoms with Crippen molar-refractivity contribution in [2.45, 2.75) is 18.8 Å². The molecule has 80 valence electrons. The fraction of sp³-hybridized carbons (Fsp3) is 0.417. The van der Waals surface area contributed by atoms with Crippen LogP contribution in [0.1, 0.15) is 24.3 Å². The van der Waals surface area contributed by atoms with Gasteiger partial charge >= 0.3 is 0 Å². The van der Waals surface area contributed by atoms with E-state index >= 15 is 0 Å². The van der Waals surface area contributed by atoms with Crippen molar-refractivity contribution in [3.8, 4) is 0 Å². The summed E-state index contributed by atoms with van der Waals surface area (Å²) in [7, 11) is 0. The summed E-state index contributed by atoms with van der Waals surface area (Å²) < 4.78 is 0. The lowest BCUT2D eigenvalue weighted by molar-refractivity contribution is -0.105. The normalized spacial score (nSPS) is 20.9. The number of rotatable bonds is 3. The van der Waals surface area contributed by atoms with E-state index in [1.807, 2.05) is 12.1 Å². The lowest BCUT2D eigenvalue weighted by Crippen LogP contribution is -2.28. The molecule has 1 fully saturated rings. The second-order valence-electron chi connectivity index (χ2n) is 3.93. The molecule has 15 heavy (non-hydrogen) atoms. The minimum absolute atomic E-state index is 0.629. The Morgan fingerprint density at radius 1 is 1.33 bits per heavy atom. The molecule has 0 radical (unpaired) electrons. The fourth-order valence-corrected chi connectivity index (χ4v) is 2.06. The van der Waals surface area contributed by atoms with Crippen LogP contribution in [0.5, 0.6) is 0 Å². The van der Waals surface area contributed by atoms with E-state index < -0.39 is 0 Å². The van der Waals surface area contributed by atoms with Gasteiger partial charge in [-0.05, 0) is 43.0 Å².